The minimum atomic E-state index is -0.329. The van der Waals surface area contributed by atoms with Gasteiger partial charge in [-0.05, 0) is 52.3 Å². The Labute approximate surface area is 188 Å². The number of amides is 2. The van der Waals surface area contributed by atoms with Gasteiger partial charge in [0, 0.05) is 36.1 Å². The molecule has 1 aromatic heterocycles. The summed E-state index contributed by atoms with van der Waals surface area (Å²) in [6.07, 6.45) is 0. The van der Waals surface area contributed by atoms with Gasteiger partial charge in [-0.15, -0.1) is 11.3 Å². The van der Waals surface area contributed by atoms with Gasteiger partial charge < -0.3 is 14.8 Å². The van der Waals surface area contributed by atoms with Crippen LogP contribution in [-0.4, -0.2) is 61.1 Å². The molecule has 1 aromatic carbocycles. The summed E-state index contributed by atoms with van der Waals surface area (Å²) in [5.74, 6) is 0.434. The van der Waals surface area contributed by atoms with E-state index in [9.17, 15) is 9.59 Å². The molecule has 0 aliphatic rings. The molecule has 0 saturated carbocycles. The third-order valence-corrected chi connectivity index (χ3v) is 5.67. The van der Waals surface area contributed by atoms with E-state index in [0.29, 0.717) is 40.8 Å². The van der Waals surface area contributed by atoms with E-state index in [0.717, 1.165) is 12.1 Å². The lowest BCUT2D eigenvalue weighted by Crippen LogP contribution is -2.42. The zero-order chi connectivity index (χ0) is 23.1. The number of nitrogens with zero attached hydrogens (tertiary/aromatic N) is 2. The lowest BCUT2D eigenvalue weighted by molar-refractivity contribution is 0.0934. The minimum absolute atomic E-state index is 0.258. The van der Waals surface area contributed by atoms with E-state index in [-0.39, 0.29) is 17.5 Å². The highest BCUT2D eigenvalue weighted by molar-refractivity contribution is 7.14. The number of aromatic nitrogens is 1. The van der Waals surface area contributed by atoms with Gasteiger partial charge in [0.15, 0.2) is 16.6 Å². The zero-order valence-electron chi connectivity index (χ0n) is 19.2. The molecule has 2 amide bonds. The number of anilines is 1. The highest BCUT2D eigenvalue weighted by Crippen LogP contribution is 2.30. The predicted molar refractivity (Wildman–Crippen MR) is 124 cm³/mol. The van der Waals surface area contributed by atoms with Gasteiger partial charge in [0.1, 0.15) is 5.69 Å². The topological polar surface area (TPSA) is 92.8 Å². The first-order valence-corrected chi connectivity index (χ1v) is 11.1. The van der Waals surface area contributed by atoms with Crippen molar-refractivity contribution >= 4 is 28.3 Å². The fraction of sp³-hybridized carbons (Fsp3) is 0.500. The van der Waals surface area contributed by atoms with Gasteiger partial charge in [0.05, 0.1) is 14.2 Å². The van der Waals surface area contributed by atoms with E-state index in [1.165, 1.54) is 18.4 Å². The minimum Gasteiger partial charge on any atom is -0.493 e. The van der Waals surface area contributed by atoms with Crippen LogP contribution in [0.4, 0.5) is 5.13 Å². The van der Waals surface area contributed by atoms with E-state index >= 15 is 0 Å². The molecule has 9 heteroatoms. The molecule has 2 rings (SSSR count). The van der Waals surface area contributed by atoms with Crippen LogP contribution in [0.15, 0.2) is 17.5 Å². The molecular formula is C22H32N4O4S. The van der Waals surface area contributed by atoms with Crippen LogP contribution in [0.2, 0.25) is 0 Å². The van der Waals surface area contributed by atoms with Crippen LogP contribution < -0.4 is 20.1 Å². The highest BCUT2D eigenvalue weighted by Gasteiger charge is 2.18. The van der Waals surface area contributed by atoms with Gasteiger partial charge in [-0.2, -0.15) is 0 Å². The molecule has 0 radical (unpaired) electrons. The molecule has 0 aliphatic heterocycles. The van der Waals surface area contributed by atoms with Gasteiger partial charge in [0.25, 0.3) is 11.8 Å². The number of benzene rings is 1. The number of ether oxygens (including phenoxy) is 2. The lowest BCUT2D eigenvalue weighted by atomic mass is 10.1. The smallest absolute Gasteiger partial charge is 0.270 e. The molecule has 0 atom stereocenters. The van der Waals surface area contributed by atoms with Gasteiger partial charge in [-0.3, -0.25) is 19.8 Å². The van der Waals surface area contributed by atoms with Gasteiger partial charge >= 0.3 is 0 Å². The summed E-state index contributed by atoms with van der Waals surface area (Å²) < 4.78 is 10.5. The average molecular weight is 449 g/mol. The van der Waals surface area contributed by atoms with Crippen molar-refractivity contribution in [3.8, 4) is 11.5 Å². The van der Waals surface area contributed by atoms with Gasteiger partial charge in [-0.25, -0.2) is 4.98 Å². The summed E-state index contributed by atoms with van der Waals surface area (Å²) in [5.41, 5.74) is 1.47. The van der Waals surface area contributed by atoms with E-state index in [1.54, 1.807) is 24.6 Å². The van der Waals surface area contributed by atoms with E-state index in [4.69, 9.17) is 9.47 Å². The van der Waals surface area contributed by atoms with Crippen molar-refractivity contribution in [2.45, 2.75) is 46.7 Å². The molecule has 0 saturated heterocycles. The maximum atomic E-state index is 12.7. The zero-order valence-corrected chi connectivity index (χ0v) is 20.1. The lowest BCUT2D eigenvalue weighted by Gasteiger charge is -2.30. The first-order chi connectivity index (χ1) is 14.7. The molecular weight excluding hydrogens is 416 g/mol. The predicted octanol–water partition coefficient (Wildman–Crippen LogP) is 3.57. The summed E-state index contributed by atoms with van der Waals surface area (Å²) >= 11 is 1.20. The summed E-state index contributed by atoms with van der Waals surface area (Å²) in [7, 11) is 3.06. The number of rotatable bonds is 10. The Morgan fingerprint density at radius 1 is 1.06 bits per heavy atom. The van der Waals surface area contributed by atoms with Crippen LogP contribution in [0.3, 0.4) is 0 Å². The van der Waals surface area contributed by atoms with Crippen molar-refractivity contribution in [2.24, 2.45) is 0 Å². The van der Waals surface area contributed by atoms with Crippen LogP contribution >= 0.6 is 11.3 Å². The fourth-order valence-electron chi connectivity index (χ4n) is 3.33. The number of aryl methyl sites for hydroxylation is 1. The largest absolute Gasteiger partial charge is 0.493 e. The summed E-state index contributed by atoms with van der Waals surface area (Å²) in [6, 6.07) is 4.17. The second-order valence-electron chi connectivity index (χ2n) is 7.70. The van der Waals surface area contributed by atoms with Crippen LogP contribution in [-0.2, 0) is 0 Å². The summed E-state index contributed by atoms with van der Waals surface area (Å²) in [6.45, 7) is 11.6. The highest BCUT2D eigenvalue weighted by atomic mass is 32.1. The van der Waals surface area contributed by atoms with Crippen molar-refractivity contribution in [3.05, 3.63) is 34.3 Å². The van der Waals surface area contributed by atoms with Crippen molar-refractivity contribution < 1.29 is 19.1 Å². The Kier molecular flexibility index (Phi) is 8.82. The molecule has 1 heterocycles. The average Bonchev–Trinajstić information content (AvgIpc) is 3.18. The van der Waals surface area contributed by atoms with Gasteiger partial charge in [0.2, 0.25) is 0 Å². The molecule has 0 aliphatic carbocycles. The normalized spacial score (nSPS) is 11.2. The molecule has 2 N–H and O–H groups in total. The maximum absolute atomic E-state index is 12.7. The van der Waals surface area contributed by atoms with Crippen LogP contribution in [0, 0.1) is 6.92 Å². The number of carbonyl (C=O) groups is 2. The molecule has 2 aromatic rings. The fourth-order valence-corrected chi connectivity index (χ4v) is 4.01. The number of carbonyl (C=O) groups excluding carboxylic acids is 2. The molecule has 0 unspecified atom stereocenters. The Bertz CT molecular complexity index is 903. The van der Waals surface area contributed by atoms with E-state index < -0.39 is 0 Å². The molecule has 0 spiro atoms. The van der Waals surface area contributed by atoms with Crippen molar-refractivity contribution in [1.82, 2.24) is 15.2 Å². The number of hydrogen-bond acceptors (Lipinski definition) is 7. The standard InChI is InChI=1S/C22H32N4O4S/c1-13(2)26(14(3)4)9-8-23-21(28)17-12-31-22(24-17)25-20(27)16-11-19(30-7)18(29-6)10-15(16)5/h10-14H,8-9H2,1-7H3,(H,23,28)(H,24,25,27). The maximum Gasteiger partial charge on any atom is 0.270 e. The quantitative estimate of drug-likeness (QED) is 0.577. The molecule has 8 nitrogen and oxygen atoms in total. The Morgan fingerprint density at radius 3 is 2.26 bits per heavy atom. The number of methoxy groups -OCH3 is 2. The Hall–Kier alpha value is -2.65. The van der Waals surface area contributed by atoms with Crippen LogP contribution in [0.5, 0.6) is 11.5 Å². The monoisotopic (exact) mass is 448 g/mol. The number of hydrogen-bond donors (Lipinski definition) is 2. The first-order valence-electron chi connectivity index (χ1n) is 10.2. The second kappa shape index (κ2) is 11.1. The van der Waals surface area contributed by atoms with Crippen LogP contribution in [0.1, 0.15) is 54.1 Å². The number of thiazole rings is 1. The third-order valence-electron chi connectivity index (χ3n) is 4.91. The van der Waals surface area contributed by atoms with Crippen molar-refractivity contribution in [3.63, 3.8) is 0 Å². The molecule has 170 valence electrons. The van der Waals surface area contributed by atoms with Crippen LogP contribution in [0.25, 0.3) is 0 Å². The number of nitrogens with one attached hydrogen (secondary N) is 2. The molecule has 31 heavy (non-hydrogen) atoms. The van der Waals surface area contributed by atoms with E-state index in [2.05, 4.69) is 48.2 Å². The summed E-state index contributed by atoms with van der Waals surface area (Å²) in [4.78, 5) is 31.7. The van der Waals surface area contributed by atoms with Crippen molar-refractivity contribution in [2.75, 3.05) is 32.6 Å². The van der Waals surface area contributed by atoms with E-state index in [1.807, 2.05) is 6.92 Å². The van der Waals surface area contributed by atoms with Crippen molar-refractivity contribution in [1.29, 1.82) is 0 Å². The third kappa shape index (κ3) is 6.41. The Morgan fingerprint density at radius 2 is 1.68 bits per heavy atom. The Balaban J connectivity index is 2.00. The second-order valence-corrected chi connectivity index (χ2v) is 8.55. The molecule has 0 fully saturated rings. The van der Waals surface area contributed by atoms with Gasteiger partial charge in [-0.1, -0.05) is 0 Å². The SMILES string of the molecule is COc1cc(C)c(C(=O)Nc2nc(C(=O)NCCN(C(C)C)C(C)C)cs2)cc1OC. The first kappa shape index (κ1) is 24.6. The summed E-state index contributed by atoms with van der Waals surface area (Å²) in [5, 5.41) is 7.64. The molecule has 0 bridgehead atoms.